The number of carbonyl (C=O) groups excluding carboxylic acids is 1. The van der Waals surface area contributed by atoms with Crippen molar-refractivity contribution in [1.82, 2.24) is 9.80 Å². The molecule has 5 nitrogen and oxygen atoms in total. The Kier molecular flexibility index (Phi) is 8.49. The highest BCUT2D eigenvalue weighted by Crippen LogP contribution is 2.36. The summed E-state index contributed by atoms with van der Waals surface area (Å²) in [4.78, 5) is 17.9. The number of carbonyl (C=O) groups is 1. The van der Waals surface area contributed by atoms with Crippen LogP contribution >= 0.6 is 34.8 Å². The van der Waals surface area contributed by atoms with E-state index in [1.807, 2.05) is 29.2 Å². The summed E-state index contributed by atoms with van der Waals surface area (Å²) >= 11 is 18.8. The van der Waals surface area contributed by atoms with Gasteiger partial charge in [0.05, 0.1) is 16.8 Å². The quantitative estimate of drug-likeness (QED) is 0.504. The fraction of sp³-hybridized carbons (Fsp3) is 0.292. The molecule has 1 atom stereocenters. The monoisotopic (exact) mass is 492 g/mol. The van der Waals surface area contributed by atoms with Gasteiger partial charge in [-0.25, -0.2) is 0 Å². The Morgan fingerprint density at radius 3 is 2.47 bits per heavy atom. The van der Waals surface area contributed by atoms with Gasteiger partial charge in [-0.1, -0.05) is 53.5 Å². The Morgan fingerprint density at radius 1 is 1.16 bits per heavy atom. The van der Waals surface area contributed by atoms with Gasteiger partial charge in [0.25, 0.3) is 0 Å². The molecule has 1 amide bonds. The molecule has 0 saturated carbocycles. The van der Waals surface area contributed by atoms with Crippen molar-refractivity contribution in [3.63, 3.8) is 0 Å². The van der Waals surface area contributed by atoms with Crippen LogP contribution in [0.3, 0.4) is 0 Å². The first-order valence-electron chi connectivity index (χ1n) is 10.3. The summed E-state index contributed by atoms with van der Waals surface area (Å²) in [5.41, 5.74) is 7.97. The lowest BCUT2D eigenvalue weighted by Gasteiger charge is -2.43. The molecule has 2 aromatic carbocycles. The summed E-state index contributed by atoms with van der Waals surface area (Å²) in [5.74, 6) is -0.437. The van der Waals surface area contributed by atoms with Gasteiger partial charge in [0.15, 0.2) is 0 Å². The maximum absolute atomic E-state index is 11.3. The van der Waals surface area contributed by atoms with Crippen molar-refractivity contribution < 1.29 is 4.79 Å². The van der Waals surface area contributed by atoms with Crippen LogP contribution in [0.25, 0.3) is 0 Å². The van der Waals surface area contributed by atoms with Crippen molar-refractivity contribution in [1.29, 1.82) is 0 Å². The van der Waals surface area contributed by atoms with Crippen LogP contribution in [0.4, 0.5) is 5.69 Å². The molecule has 1 heterocycles. The smallest absolute Gasteiger partial charge is 0.245 e. The molecule has 0 bridgehead atoms. The molecule has 1 saturated heterocycles. The van der Waals surface area contributed by atoms with Gasteiger partial charge in [0.2, 0.25) is 5.91 Å². The Morgan fingerprint density at radius 2 is 1.84 bits per heavy atom. The molecule has 0 aliphatic carbocycles. The van der Waals surface area contributed by atoms with Crippen LogP contribution in [-0.4, -0.2) is 48.4 Å². The lowest BCUT2D eigenvalue weighted by atomic mass is 10.0. The number of nitrogens with zero attached hydrogens (tertiary/aromatic N) is 3. The van der Waals surface area contributed by atoms with Gasteiger partial charge in [0.1, 0.15) is 0 Å². The van der Waals surface area contributed by atoms with Gasteiger partial charge in [-0.15, -0.1) is 0 Å². The number of nitrogens with two attached hydrogens (primary N) is 1. The number of hydrogen-bond donors (Lipinski definition) is 1. The molecule has 0 radical (unpaired) electrons. The number of anilines is 1. The van der Waals surface area contributed by atoms with E-state index in [1.54, 1.807) is 25.4 Å². The lowest BCUT2D eigenvalue weighted by molar-refractivity contribution is -0.114. The fourth-order valence-electron chi connectivity index (χ4n) is 3.79. The zero-order valence-electron chi connectivity index (χ0n) is 18.0. The minimum atomic E-state index is -0.437. The average molecular weight is 494 g/mol. The maximum atomic E-state index is 11.3. The lowest BCUT2D eigenvalue weighted by Crippen LogP contribution is -2.50. The Labute approximate surface area is 204 Å². The molecule has 1 aliphatic heterocycles. The number of piperazine rings is 1. The summed E-state index contributed by atoms with van der Waals surface area (Å²) in [5, 5.41) is 1.95. The molecule has 2 N–H and O–H groups in total. The van der Waals surface area contributed by atoms with Crippen molar-refractivity contribution in [3.05, 3.63) is 87.6 Å². The molecule has 0 unspecified atom stereocenters. The van der Waals surface area contributed by atoms with E-state index in [2.05, 4.69) is 28.5 Å². The van der Waals surface area contributed by atoms with Crippen LogP contribution in [0.15, 0.2) is 67.0 Å². The number of benzene rings is 2. The molecule has 32 heavy (non-hydrogen) atoms. The molecule has 3 rings (SSSR count). The fourth-order valence-corrected chi connectivity index (χ4v) is 4.44. The normalized spacial score (nSPS) is 17.3. The molecule has 1 fully saturated rings. The third-order valence-electron chi connectivity index (χ3n) is 5.60. The highest BCUT2D eigenvalue weighted by atomic mass is 35.5. The van der Waals surface area contributed by atoms with E-state index in [9.17, 15) is 4.79 Å². The molecule has 0 spiro atoms. The molecule has 2 aromatic rings. The van der Waals surface area contributed by atoms with E-state index in [1.165, 1.54) is 0 Å². The van der Waals surface area contributed by atoms with E-state index in [-0.39, 0.29) is 6.04 Å². The minimum absolute atomic E-state index is 0.0970. The summed E-state index contributed by atoms with van der Waals surface area (Å²) < 4.78 is 0. The maximum Gasteiger partial charge on any atom is 0.245 e. The Balaban J connectivity index is 1.79. The van der Waals surface area contributed by atoms with Crippen molar-refractivity contribution >= 4 is 46.4 Å². The average Bonchev–Trinajstić information content (AvgIpc) is 2.77. The zero-order chi connectivity index (χ0) is 23.3. The predicted octanol–water partition coefficient (Wildman–Crippen LogP) is 5.34. The Bertz CT molecular complexity index is 993. The van der Waals surface area contributed by atoms with Gasteiger partial charge < -0.3 is 15.5 Å². The second kappa shape index (κ2) is 11.1. The van der Waals surface area contributed by atoms with E-state index in [4.69, 9.17) is 40.5 Å². The van der Waals surface area contributed by atoms with Crippen molar-refractivity contribution in [3.8, 4) is 0 Å². The number of primary amides is 1. The highest BCUT2D eigenvalue weighted by molar-refractivity contribution is 6.36. The predicted molar refractivity (Wildman–Crippen MR) is 134 cm³/mol. The summed E-state index contributed by atoms with van der Waals surface area (Å²) in [7, 11) is 0. The topological polar surface area (TPSA) is 52.8 Å². The molecule has 0 aromatic heterocycles. The van der Waals surface area contributed by atoms with Crippen LogP contribution in [0.5, 0.6) is 0 Å². The number of rotatable bonds is 8. The van der Waals surface area contributed by atoms with Crippen LogP contribution in [0.2, 0.25) is 15.1 Å². The van der Waals surface area contributed by atoms with Gasteiger partial charge in [0, 0.05) is 54.5 Å². The molecular formula is C24H27Cl3N4O. The molecule has 8 heteroatoms. The number of amides is 1. The van der Waals surface area contributed by atoms with Gasteiger partial charge >= 0.3 is 0 Å². The first-order valence-corrected chi connectivity index (χ1v) is 11.5. The van der Waals surface area contributed by atoms with Crippen molar-refractivity contribution in [2.24, 2.45) is 5.73 Å². The van der Waals surface area contributed by atoms with Gasteiger partial charge in [-0.3, -0.25) is 9.69 Å². The van der Waals surface area contributed by atoms with E-state index in [0.29, 0.717) is 27.2 Å². The summed E-state index contributed by atoms with van der Waals surface area (Å²) in [6, 6.07) is 13.6. The van der Waals surface area contributed by atoms with Gasteiger partial charge in [-0.05, 0) is 49.0 Å². The summed E-state index contributed by atoms with van der Waals surface area (Å²) in [6.07, 6.45) is 3.43. The van der Waals surface area contributed by atoms with Gasteiger partial charge in [-0.2, -0.15) is 0 Å². The van der Waals surface area contributed by atoms with Crippen molar-refractivity contribution in [2.75, 3.05) is 37.6 Å². The molecular weight excluding hydrogens is 467 g/mol. The molecule has 170 valence electrons. The molecule has 1 aliphatic rings. The van der Waals surface area contributed by atoms with E-state index in [0.717, 1.165) is 37.4 Å². The van der Waals surface area contributed by atoms with E-state index >= 15 is 0 Å². The number of hydrogen-bond acceptors (Lipinski definition) is 4. The minimum Gasteiger partial charge on any atom is -0.366 e. The second-order valence-corrected chi connectivity index (χ2v) is 9.03. The van der Waals surface area contributed by atoms with Crippen LogP contribution < -0.4 is 10.6 Å². The largest absolute Gasteiger partial charge is 0.366 e. The second-order valence-electron chi connectivity index (χ2n) is 7.75. The van der Waals surface area contributed by atoms with Crippen molar-refractivity contribution in [2.45, 2.75) is 13.0 Å². The first-order chi connectivity index (χ1) is 15.3. The summed E-state index contributed by atoms with van der Waals surface area (Å²) in [6.45, 7) is 9.53. The van der Waals surface area contributed by atoms with Crippen LogP contribution in [0, 0.1) is 0 Å². The van der Waals surface area contributed by atoms with E-state index < -0.39 is 5.91 Å². The third-order valence-corrected chi connectivity index (χ3v) is 6.39. The zero-order valence-corrected chi connectivity index (χ0v) is 20.2. The SMILES string of the molecule is C=CN(/C=C(\C)C(N)=O)CCN1CCN(c2ccc(Cl)cc2Cl)[C@H](c2ccc(Cl)cc2)C1. The third kappa shape index (κ3) is 6.20. The highest BCUT2D eigenvalue weighted by Gasteiger charge is 2.29. The van der Waals surface area contributed by atoms with Crippen LogP contribution in [0.1, 0.15) is 18.5 Å². The first kappa shape index (κ1) is 24.5. The van der Waals surface area contributed by atoms with Crippen LogP contribution in [-0.2, 0) is 4.79 Å². The Hall–Kier alpha value is -2.18. The number of halogens is 3. The standard InChI is InChI=1S/C24H27Cl3N4O/c1-3-29(15-17(2)24(28)32)10-11-30-12-13-31(22-9-8-20(26)14-21(22)27)23(16-30)18-4-6-19(25)7-5-18/h3-9,14-15,23H,1,10-13,16H2,2H3,(H2,28,32)/b17-15+/t23-/m0/s1.